The number of hydrogen-bond acceptors (Lipinski definition) is 4. The van der Waals surface area contributed by atoms with Gasteiger partial charge in [-0.05, 0) is 17.7 Å². The molecule has 0 aliphatic carbocycles. The smallest absolute Gasteiger partial charge is 0.236 e. The van der Waals surface area contributed by atoms with E-state index in [1.165, 1.54) is 0 Å². The molecule has 5 nitrogen and oxygen atoms in total. The second-order valence-corrected chi connectivity index (χ2v) is 7.11. The summed E-state index contributed by atoms with van der Waals surface area (Å²) in [6, 6.07) is 5.76. The summed E-state index contributed by atoms with van der Waals surface area (Å²) in [5, 5.41) is 1.17. The van der Waals surface area contributed by atoms with E-state index in [1.54, 1.807) is 0 Å². The van der Waals surface area contributed by atoms with Crippen LogP contribution in [0.2, 0.25) is 10.0 Å². The minimum absolute atomic E-state index is 0.228. The Bertz CT molecular complexity index is 571. The second-order valence-electron chi connectivity index (χ2n) is 6.29. The van der Waals surface area contributed by atoms with E-state index in [0.29, 0.717) is 16.6 Å². The van der Waals surface area contributed by atoms with E-state index in [0.717, 1.165) is 64.6 Å². The highest BCUT2D eigenvalue weighted by Gasteiger charge is 2.23. The van der Waals surface area contributed by atoms with Crippen molar-refractivity contribution >= 4 is 29.1 Å². The van der Waals surface area contributed by atoms with E-state index in [2.05, 4.69) is 9.80 Å². The molecule has 0 spiro atoms. The van der Waals surface area contributed by atoms with Gasteiger partial charge in [0.1, 0.15) is 0 Å². The quantitative estimate of drug-likeness (QED) is 0.810. The SMILES string of the molecule is O=C(CN1CCOCC1)N1CCN(Cc2ccc(Cl)c(Cl)c2)CC1. The van der Waals surface area contributed by atoms with Crippen molar-refractivity contribution in [3.8, 4) is 0 Å². The van der Waals surface area contributed by atoms with Crippen molar-refractivity contribution in [2.24, 2.45) is 0 Å². The molecular formula is C17H23Cl2N3O2. The fourth-order valence-corrected chi connectivity index (χ4v) is 3.42. The fourth-order valence-electron chi connectivity index (χ4n) is 3.10. The van der Waals surface area contributed by atoms with Crippen molar-refractivity contribution in [2.45, 2.75) is 6.54 Å². The molecule has 0 aromatic heterocycles. The molecule has 1 amide bonds. The maximum atomic E-state index is 12.4. The number of piperazine rings is 1. The number of nitrogens with zero attached hydrogens (tertiary/aromatic N) is 3. The van der Waals surface area contributed by atoms with Crippen LogP contribution in [-0.4, -0.2) is 79.6 Å². The standard InChI is InChI=1S/C17H23Cl2N3O2/c18-15-2-1-14(11-16(15)19)12-20-3-5-22(6-4-20)17(23)13-21-7-9-24-10-8-21/h1-2,11H,3-10,12-13H2. The Kier molecular flexibility index (Phi) is 6.36. The highest BCUT2D eigenvalue weighted by atomic mass is 35.5. The third-order valence-electron chi connectivity index (χ3n) is 4.58. The Labute approximate surface area is 153 Å². The van der Waals surface area contributed by atoms with E-state index < -0.39 is 0 Å². The Morgan fingerprint density at radius 2 is 1.67 bits per heavy atom. The predicted molar refractivity (Wildman–Crippen MR) is 95.6 cm³/mol. The average molecular weight is 372 g/mol. The molecule has 24 heavy (non-hydrogen) atoms. The van der Waals surface area contributed by atoms with Gasteiger partial charge in [-0.15, -0.1) is 0 Å². The molecule has 1 aromatic carbocycles. The van der Waals surface area contributed by atoms with Crippen LogP contribution in [0.4, 0.5) is 0 Å². The number of morpholine rings is 1. The molecule has 0 unspecified atom stereocenters. The summed E-state index contributed by atoms with van der Waals surface area (Å²) < 4.78 is 5.32. The summed E-state index contributed by atoms with van der Waals surface area (Å²) in [6.07, 6.45) is 0. The topological polar surface area (TPSA) is 36.0 Å². The number of carbonyl (C=O) groups excluding carboxylic acids is 1. The van der Waals surface area contributed by atoms with Crippen LogP contribution in [0, 0.1) is 0 Å². The van der Waals surface area contributed by atoms with Crippen molar-refractivity contribution in [3.05, 3.63) is 33.8 Å². The summed E-state index contributed by atoms with van der Waals surface area (Å²) in [6.45, 7) is 7.83. The molecule has 2 saturated heterocycles. The summed E-state index contributed by atoms with van der Waals surface area (Å²) in [5.41, 5.74) is 1.15. The number of ether oxygens (including phenoxy) is 1. The summed E-state index contributed by atoms with van der Waals surface area (Å²) in [7, 11) is 0. The van der Waals surface area contributed by atoms with Gasteiger partial charge in [0.2, 0.25) is 5.91 Å². The first-order valence-corrected chi connectivity index (χ1v) is 9.11. The van der Waals surface area contributed by atoms with Crippen LogP contribution in [0.3, 0.4) is 0 Å². The zero-order valence-corrected chi connectivity index (χ0v) is 15.2. The lowest BCUT2D eigenvalue weighted by atomic mass is 10.2. The molecule has 0 radical (unpaired) electrons. The van der Waals surface area contributed by atoms with Crippen LogP contribution in [0.1, 0.15) is 5.56 Å². The van der Waals surface area contributed by atoms with Crippen molar-refractivity contribution in [1.29, 1.82) is 0 Å². The molecule has 0 N–H and O–H groups in total. The van der Waals surface area contributed by atoms with Crippen LogP contribution in [-0.2, 0) is 16.1 Å². The Hall–Kier alpha value is -0.850. The van der Waals surface area contributed by atoms with E-state index in [-0.39, 0.29) is 5.91 Å². The second kappa shape index (κ2) is 8.50. The van der Waals surface area contributed by atoms with Gasteiger partial charge in [-0.1, -0.05) is 29.3 Å². The lowest BCUT2D eigenvalue weighted by molar-refractivity contribution is -0.135. The molecular weight excluding hydrogens is 349 g/mol. The number of benzene rings is 1. The highest BCUT2D eigenvalue weighted by Crippen LogP contribution is 2.23. The Morgan fingerprint density at radius 3 is 2.33 bits per heavy atom. The average Bonchev–Trinajstić information content (AvgIpc) is 2.60. The van der Waals surface area contributed by atoms with E-state index in [1.807, 2.05) is 23.1 Å². The largest absolute Gasteiger partial charge is 0.379 e. The van der Waals surface area contributed by atoms with Crippen LogP contribution in [0.5, 0.6) is 0 Å². The zero-order chi connectivity index (χ0) is 16.9. The fraction of sp³-hybridized carbons (Fsp3) is 0.588. The first kappa shape index (κ1) is 18.0. The minimum atomic E-state index is 0.228. The molecule has 2 aliphatic heterocycles. The molecule has 2 fully saturated rings. The molecule has 3 rings (SSSR count). The Balaban J connectivity index is 1.44. The van der Waals surface area contributed by atoms with Crippen molar-refractivity contribution in [3.63, 3.8) is 0 Å². The lowest BCUT2D eigenvalue weighted by Crippen LogP contribution is -2.51. The molecule has 0 bridgehead atoms. The first-order chi connectivity index (χ1) is 11.6. The normalized spacial score (nSPS) is 20.3. The highest BCUT2D eigenvalue weighted by molar-refractivity contribution is 6.42. The van der Waals surface area contributed by atoms with Gasteiger partial charge in [-0.25, -0.2) is 0 Å². The molecule has 1 aromatic rings. The number of amides is 1. The van der Waals surface area contributed by atoms with Crippen molar-refractivity contribution < 1.29 is 9.53 Å². The lowest BCUT2D eigenvalue weighted by Gasteiger charge is -2.36. The minimum Gasteiger partial charge on any atom is -0.379 e. The molecule has 7 heteroatoms. The third kappa shape index (κ3) is 4.83. The third-order valence-corrected chi connectivity index (χ3v) is 5.32. The van der Waals surface area contributed by atoms with E-state index in [9.17, 15) is 4.79 Å². The molecule has 2 aliphatic rings. The van der Waals surface area contributed by atoms with E-state index in [4.69, 9.17) is 27.9 Å². The van der Waals surface area contributed by atoms with Crippen molar-refractivity contribution in [2.75, 3.05) is 59.0 Å². The Morgan fingerprint density at radius 1 is 0.958 bits per heavy atom. The molecule has 0 saturated carbocycles. The van der Waals surface area contributed by atoms with E-state index >= 15 is 0 Å². The van der Waals surface area contributed by atoms with Gasteiger partial charge in [-0.2, -0.15) is 0 Å². The molecule has 132 valence electrons. The number of halogens is 2. The number of hydrogen-bond donors (Lipinski definition) is 0. The molecule has 0 atom stereocenters. The predicted octanol–water partition coefficient (Wildman–Crippen LogP) is 1.97. The summed E-state index contributed by atoms with van der Waals surface area (Å²) >= 11 is 12.0. The van der Waals surface area contributed by atoms with Crippen molar-refractivity contribution in [1.82, 2.24) is 14.7 Å². The maximum absolute atomic E-state index is 12.4. The van der Waals surface area contributed by atoms with Gasteiger partial charge in [-0.3, -0.25) is 14.6 Å². The van der Waals surface area contributed by atoms with Gasteiger partial charge >= 0.3 is 0 Å². The van der Waals surface area contributed by atoms with Gasteiger partial charge < -0.3 is 9.64 Å². The first-order valence-electron chi connectivity index (χ1n) is 8.36. The zero-order valence-electron chi connectivity index (χ0n) is 13.7. The van der Waals surface area contributed by atoms with Crippen LogP contribution >= 0.6 is 23.2 Å². The monoisotopic (exact) mass is 371 g/mol. The van der Waals surface area contributed by atoms with Gasteiger partial charge in [0.05, 0.1) is 29.8 Å². The van der Waals surface area contributed by atoms with Crippen LogP contribution in [0.15, 0.2) is 18.2 Å². The molecule has 2 heterocycles. The maximum Gasteiger partial charge on any atom is 0.236 e. The van der Waals surface area contributed by atoms with Gasteiger partial charge in [0, 0.05) is 45.8 Å². The van der Waals surface area contributed by atoms with Gasteiger partial charge in [0.25, 0.3) is 0 Å². The van der Waals surface area contributed by atoms with Crippen LogP contribution < -0.4 is 0 Å². The summed E-state index contributed by atoms with van der Waals surface area (Å²) in [5.74, 6) is 0.228. The number of carbonyl (C=O) groups is 1. The van der Waals surface area contributed by atoms with Gasteiger partial charge in [0.15, 0.2) is 0 Å². The van der Waals surface area contributed by atoms with Crippen LogP contribution in [0.25, 0.3) is 0 Å². The number of rotatable bonds is 4. The summed E-state index contributed by atoms with van der Waals surface area (Å²) in [4.78, 5) is 18.9.